The zero-order valence-electron chi connectivity index (χ0n) is 12.3. The number of carboxylic acid groups (broad SMARTS) is 1. The van der Waals surface area contributed by atoms with Crippen LogP contribution in [0.4, 0.5) is 5.69 Å². The third-order valence-electron chi connectivity index (χ3n) is 3.63. The lowest BCUT2D eigenvalue weighted by atomic mass is 10.1. The molecular formula is C17H17N3O2. The molecule has 0 unspecified atom stereocenters. The number of rotatable bonds is 4. The standard InChI is InChI=1S/C17H17N3O2/c1-11-2-4-12(5-3-11)17-19-14-10-13(18)6-7-15(14)20(17)9-8-16(21)22/h2-7,10H,8-9,18H2,1H3,(H,21,22). The van der Waals surface area contributed by atoms with Gasteiger partial charge in [0.05, 0.1) is 17.5 Å². The molecule has 0 saturated heterocycles. The lowest BCUT2D eigenvalue weighted by Gasteiger charge is -2.08. The van der Waals surface area contributed by atoms with Gasteiger partial charge in [0, 0.05) is 17.8 Å². The van der Waals surface area contributed by atoms with Gasteiger partial charge in [0.1, 0.15) is 5.82 Å². The number of aromatic nitrogens is 2. The molecule has 1 aromatic heterocycles. The molecule has 3 rings (SSSR count). The predicted octanol–water partition coefficient (Wildman–Crippen LogP) is 3.07. The summed E-state index contributed by atoms with van der Waals surface area (Å²) < 4.78 is 1.94. The van der Waals surface area contributed by atoms with Crippen molar-refractivity contribution in [3.63, 3.8) is 0 Å². The highest BCUT2D eigenvalue weighted by molar-refractivity contribution is 5.83. The second-order valence-corrected chi connectivity index (χ2v) is 5.34. The molecule has 0 atom stereocenters. The monoisotopic (exact) mass is 295 g/mol. The molecule has 2 aromatic carbocycles. The van der Waals surface area contributed by atoms with Gasteiger partial charge in [-0.3, -0.25) is 4.79 Å². The number of aliphatic carboxylic acids is 1. The van der Waals surface area contributed by atoms with Gasteiger partial charge in [-0.1, -0.05) is 29.8 Å². The number of hydrogen-bond donors (Lipinski definition) is 2. The van der Waals surface area contributed by atoms with Crippen molar-refractivity contribution in [3.8, 4) is 11.4 Å². The molecule has 0 saturated carbocycles. The van der Waals surface area contributed by atoms with E-state index in [1.165, 1.54) is 5.56 Å². The number of nitrogens with zero attached hydrogens (tertiary/aromatic N) is 2. The Morgan fingerprint density at radius 2 is 1.95 bits per heavy atom. The highest BCUT2D eigenvalue weighted by Crippen LogP contribution is 2.26. The van der Waals surface area contributed by atoms with E-state index in [1.54, 1.807) is 6.07 Å². The summed E-state index contributed by atoms with van der Waals surface area (Å²) in [5.74, 6) is -0.0611. The van der Waals surface area contributed by atoms with E-state index < -0.39 is 5.97 Å². The van der Waals surface area contributed by atoms with E-state index in [2.05, 4.69) is 4.98 Å². The lowest BCUT2D eigenvalue weighted by Crippen LogP contribution is -2.06. The van der Waals surface area contributed by atoms with Gasteiger partial charge < -0.3 is 15.4 Å². The van der Waals surface area contributed by atoms with Gasteiger partial charge in [-0.15, -0.1) is 0 Å². The molecule has 112 valence electrons. The van der Waals surface area contributed by atoms with E-state index in [-0.39, 0.29) is 6.42 Å². The zero-order chi connectivity index (χ0) is 15.7. The van der Waals surface area contributed by atoms with Crippen LogP contribution in [0.5, 0.6) is 0 Å². The molecular weight excluding hydrogens is 278 g/mol. The first kappa shape index (κ1) is 14.1. The van der Waals surface area contributed by atoms with Gasteiger partial charge in [0.15, 0.2) is 0 Å². The fourth-order valence-electron chi connectivity index (χ4n) is 2.50. The summed E-state index contributed by atoms with van der Waals surface area (Å²) in [5.41, 5.74) is 10.3. The van der Waals surface area contributed by atoms with Crippen LogP contribution in [0.1, 0.15) is 12.0 Å². The number of nitrogen functional groups attached to an aromatic ring is 1. The maximum Gasteiger partial charge on any atom is 0.305 e. The Kier molecular flexibility index (Phi) is 3.55. The van der Waals surface area contributed by atoms with Crippen LogP contribution < -0.4 is 5.73 Å². The molecule has 0 fully saturated rings. The lowest BCUT2D eigenvalue weighted by molar-refractivity contribution is -0.137. The average Bonchev–Trinajstić information content (AvgIpc) is 2.83. The van der Waals surface area contributed by atoms with Crippen LogP contribution in [-0.4, -0.2) is 20.6 Å². The number of nitrogens with two attached hydrogens (primary N) is 1. The molecule has 0 radical (unpaired) electrons. The smallest absolute Gasteiger partial charge is 0.305 e. The highest BCUT2D eigenvalue weighted by atomic mass is 16.4. The van der Waals surface area contributed by atoms with Crippen LogP contribution in [0.3, 0.4) is 0 Å². The highest BCUT2D eigenvalue weighted by Gasteiger charge is 2.13. The van der Waals surface area contributed by atoms with Crippen LogP contribution in [0.2, 0.25) is 0 Å². The molecule has 3 aromatic rings. The number of anilines is 1. The average molecular weight is 295 g/mol. The summed E-state index contributed by atoms with van der Waals surface area (Å²) in [6.45, 7) is 2.40. The Balaban J connectivity index is 2.16. The van der Waals surface area contributed by atoms with Gasteiger partial charge in [0.2, 0.25) is 0 Å². The topological polar surface area (TPSA) is 81.1 Å². The van der Waals surface area contributed by atoms with Gasteiger partial charge in [-0.2, -0.15) is 0 Å². The van der Waals surface area contributed by atoms with Crippen molar-refractivity contribution < 1.29 is 9.90 Å². The van der Waals surface area contributed by atoms with E-state index in [9.17, 15) is 4.79 Å². The molecule has 22 heavy (non-hydrogen) atoms. The first-order chi connectivity index (χ1) is 10.5. The van der Waals surface area contributed by atoms with Gasteiger partial charge in [0.25, 0.3) is 0 Å². The Bertz CT molecular complexity index is 835. The van der Waals surface area contributed by atoms with Crippen LogP contribution in [-0.2, 0) is 11.3 Å². The number of aryl methyl sites for hydroxylation is 2. The minimum absolute atomic E-state index is 0.0503. The maximum absolute atomic E-state index is 10.9. The summed E-state index contributed by atoms with van der Waals surface area (Å²) in [6.07, 6.45) is 0.0503. The summed E-state index contributed by atoms with van der Waals surface area (Å²) >= 11 is 0. The van der Waals surface area contributed by atoms with Gasteiger partial charge >= 0.3 is 5.97 Å². The summed E-state index contributed by atoms with van der Waals surface area (Å²) in [4.78, 5) is 15.6. The largest absolute Gasteiger partial charge is 0.481 e. The van der Waals surface area contributed by atoms with Crippen LogP contribution >= 0.6 is 0 Å². The molecule has 1 heterocycles. The molecule has 5 heteroatoms. The van der Waals surface area contributed by atoms with Crippen LogP contribution in [0, 0.1) is 6.92 Å². The van der Waals surface area contributed by atoms with Gasteiger partial charge in [-0.05, 0) is 25.1 Å². The Hall–Kier alpha value is -2.82. The molecule has 0 amide bonds. The third kappa shape index (κ3) is 2.65. The van der Waals surface area contributed by atoms with E-state index in [4.69, 9.17) is 10.8 Å². The van der Waals surface area contributed by atoms with Crippen molar-refractivity contribution in [2.45, 2.75) is 19.9 Å². The van der Waals surface area contributed by atoms with E-state index in [0.717, 1.165) is 22.4 Å². The Morgan fingerprint density at radius 1 is 1.23 bits per heavy atom. The van der Waals surface area contributed by atoms with Gasteiger partial charge in [-0.25, -0.2) is 4.98 Å². The van der Waals surface area contributed by atoms with Crippen molar-refractivity contribution in [1.82, 2.24) is 9.55 Å². The normalized spacial score (nSPS) is 11.0. The number of imidazole rings is 1. The van der Waals surface area contributed by atoms with Crippen LogP contribution in [0.15, 0.2) is 42.5 Å². The summed E-state index contributed by atoms with van der Waals surface area (Å²) in [7, 11) is 0. The molecule has 0 bridgehead atoms. The second kappa shape index (κ2) is 5.52. The van der Waals surface area contributed by atoms with Crippen LogP contribution in [0.25, 0.3) is 22.4 Å². The number of carbonyl (C=O) groups is 1. The third-order valence-corrected chi connectivity index (χ3v) is 3.63. The summed E-state index contributed by atoms with van der Waals surface area (Å²) in [6, 6.07) is 13.5. The minimum Gasteiger partial charge on any atom is -0.481 e. The Labute approximate surface area is 128 Å². The first-order valence-electron chi connectivity index (χ1n) is 7.09. The molecule has 0 aliphatic heterocycles. The van der Waals surface area contributed by atoms with Crippen molar-refractivity contribution in [1.29, 1.82) is 0 Å². The number of hydrogen-bond acceptors (Lipinski definition) is 3. The minimum atomic E-state index is -0.827. The first-order valence-corrected chi connectivity index (χ1v) is 7.09. The van der Waals surface area contributed by atoms with E-state index in [0.29, 0.717) is 12.2 Å². The summed E-state index contributed by atoms with van der Waals surface area (Å²) in [5, 5.41) is 8.97. The number of carboxylic acids is 1. The molecule has 3 N–H and O–H groups in total. The predicted molar refractivity (Wildman–Crippen MR) is 86.6 cm³/mol. The molecule has 5 nitrogen and oxygen atoms in total. The number of benzene rings is 2. The molecule has 0 aliphatic carbocycles. The molecule has 0 spiro atoms. The molecule has 0 aliphatic rings. The fourth-order valence-corrected chi connectivity index (χ4v) is 2.50. The Morgan fingerprint density at radius 3 is 2.64 bits per heavy atom. The van der Waals surface area contributed by atoms with Crippen molar-refractivity contribution in [2.75, 3.05) is 5.73 Å². The zero-order valence-corrected chi connectivity index (χ0v) is 12.3. The quantitative estimate of drug-likeness (QED) is 0.725. The van der Waals surface area contributed by atoms with Crippen molar-refractivity contribution in [2.24, 2.45) is 0 Å². The fraction of sp³-hybridized carbons (Fsp3) is 0.176. The van der Waals surface area contributed by atoms with Crippen molar-refractivity contribution in [3.05, 3.63) is 48.0 Å². The van der Waals surface area contributed by atoms with E-state index >= 15 is 0 Å². The van der Waals surface area contributed by atoms with Crippen molar-refractivity contribution >= 4 is 22.7 Å². The number of fused-ring (bicyclic) bond motifs is 1. The SMILES string of the molecule is Cc1ccc(-c2nc3cc(N)ccc3n2CCC(=O)O)cc1. The van der Waals surface area contributed by atoms with E-state index in [1.807, 2.05) is 47.9 Å². The second-order valence-electron chi connectivity index (χ2n) is 5.34. The maximum atomic E-state index is 10.9.